The first-order valence-corrected chi connectivity index (χ1v) is 13.6. The minimum atomic E-state index is -1.33. The molecule has 2 aromatic carbocycles. The van der Waals surface area contributed by atoms with E-state index in [1.165, 1.54) is 23.2 Å². The number of aliphatic hydroxyl groups excluding tert-OH is 1. The Balaban J connectivity index is 1.11. The summed E-state index contributed by atoms with van der Waals surface area (Å²) in [6.45, 7) is 1.15. The van der Waals surface area contributed by atoms with E-state index < -0.39 is 35.2 Å². The number of amides is 1. The predicted molar refractivity (Wildman–Crippen MR) is 145 cm³/mol. The van der Waals surface area contributed by atoms with Gasteiger partial charge in [0, 0.05) is 36.8 Å². The van der Waals surface area contributed by atoms with Crippen LogP contribution < -0.4 is 20.0 Å². The fourth-order valence-corrected chi connectivity index (χ4v) is 5.56. The van der Waals surface area contributed by atoms with E-state index in [0.717, 1.165) is 18.9 Å². The molecule has 2 N–H and O–H groups in total. The molecule has 2 aliphatic heterocycles. The van der Waals surface area contributed by atoms with E-state index in [-0.39, 0.29) is 48.4 Å². The highest BCUT2D eigenvalue weighted by Crippen LogP contribution is 2.38. The molecule has 3 fully saturated rings. The van der Waals surface area contributed by atoms with Gasteiger partial charge in [0.15, 0.2) is 11.6 Å². The van der Waals surface area contributed by atoms with Crippen LogP contribution in [-0.2, 0) is 4.74 Å². The number of aromatic carboxylic acids is 1. The Morgan fingerprint density at radius 1 is 1.05 bits per heavy atom. The first-order valence-electron chi connectivity index (χ1n) is 13.6. The van der Waals surface area contributed by atoms with Gasteiger partial charge in [0.2, 0.25) is 5.43 Å². The Labute approximate surface area is 233 Å². The SMILES string of the molecule is O=C(O)c1cn(C2CC2)c2cc(N3CCC(COc4ccc(N5C[C@H](CO)OC5=O)cc4F)CC3)c(F)cc2c1=O. The summed E-state index contributed by atoms with van der Waals surface area (Å²) in [5.41, 5.74) is 0.141. The number of fused-ring (bicyclic) bond motifs is 1. The smallest absolute Gasteiger partial charge is 0.414 e. The van der Waals surface area contributed by atoms with Gasteiger partial charge >= 0.3 is 12.1 Å². The third kappa shape index (κ3) is 5.19. The lowest BCUT2D eigenvalue weighted by Gasteiger charge is -2.34. The highest BCUT2D eigenvalue weighted by Gasteiger charge is 2.33. The number of aliphatic hydroxyl groups is 1. The molecule has 0 bridgehead atoms. The lowest BCUT2D eigenvalue weighted by molar-refractivity contribution is 0.0694. The van der Waals surface area contributed by atoms with Crippen molar-refractivity contribution in [3.05, 3.63) is 63.9 Å². The van der Waals surface area contributed by atoms with E-state index >= 15 is 4.39 Å². The Bertz CT molecular complexity index is 1580. The highest BCUT2D eigenvalue weighted by molar-refractivity contribution is 5.93. The number of benzene rings is 2. The fourth-order valence-electron chi connectivity index (χ4n) is 5.56. The third-order valence-corrected chi connectivity index (χ3v) is 8.01. The molecule has 216 valence electrons. The van der Waals surface area contributed by atoms with Crippen molar-refractivity contribution in [1.82, 2.24) is 4.57 Å². The average molecular weight is 570 g/mol. The number of ether oxygens (including phenoxy) is 2. The Kier molecular flexibility index (Phi) is 7.02. The molecule has 0 spiro atoms. The predicted octanol–water partition coefficient (Wildman–Crippen LogP) is 3.93. The van der Waals surface area contributed by atoms with Crippen molar-refractivity contribution in [3.8, 4) is 5.75 Å². The van der Waals surface area contributed by atoms with E-state index in [4.69, 9.17) is 9.47 Å². The fraction of sp³-hybridized carbons (Fsp3) is 0.414. The maximum absolute atomic E-state index is 15.2. The van der Waals surface area contributed by atoms with Crippen molar-refractivity contribution in [3.63, 3.8) is 0 Å². The van der Waals surface area contributed by atoms with Crippen molar-refractivity contribution in [1.29, 1.82) is 0 Å². The number of piperidine rings is 1. The van der Waals surface area contributed by atoms with Crippen molar-refractivity contribution in [2.24, 2.45) is 5.92 Å². The van der Waals surface area contributed by atoms with Crippen LogP contribution in [0.15, 0.2) is 41.3 Å². The molecule has 2 saturated heterocycles. The molecule has 1 saturated carbocycles. The zero-order valence-electron chi connectivity index (χ0n) is 22.1. The molecular weight excluding hydrogens is 540 g/mol. The molecule has 0 unspecified atom stereocenters. The van der Waals surface area contributed by atoms with E-state index in [9.17, 15) is 29.0 Å². The second-order valence-corrected chi connectivity index (χ2v) is 10.8. The number of anilines is 2. The number of hydrogen-bond donors (Lipinski definition) is 2. The molecule has 10 nitrogen and oxygen atoms in total. The van der Waals surface area contributed by atoms with Gasteiger partial charge in [-0.15, -0.1) is 0 Å². The lowest BCUT2D eigenvalue weighted by atomic mass is 9.97. The third-order valence-electron chi connectivity index (χ3n) is 8.01. The Morgan fingerprint density at radius 2 is 1.80 bits per heavy atom. The van der Waals surface area contributed by atoms with Crippen molar-refractivity contribution in [2.45, 2.75) is 37.8 Å². The van der Waals surface area contributed by atoms with Crippen molar-refractivity contribution >= 4 is 34.3 Å². The van der Waals surface area contributed by atoms with Crippen LogP contribution in [-0.4, -0.2) is 65.8 Å². The van der Waals surface area contributed by atoms with Gasteiger partial charge in [-0.05, 0) is 55.9 Å². The van der Waals surface area contributed by atoms with Crippen LogP contribution in [0.3, 0.4) is 0 Å². The van der Waals surface area contributed by atoms with Gasteiger partial charge < -0.3 is 29.2 Å². The topological polar surface area (TPSA) is 122 Å². The minimum absolute atomic E-state index is 0.0572. The lowest BCUT2D eigenvalue weighted by Crippen LogP contribution is -2.36. The van der Waals surface area contributed by atoms with Crippen LogP contribution in [0.4, 0.5) is 25.0 Å². The van der Waals surface area contributed by atoms with E-state index in [0.29, 0.717) is 42.8 Å². The van der Waals surface area contributed by atoms with E-state index in [1.54, 1.807) is 16.7 Å². The molecule has 3 aliphatic rings. The van der Waals surface area contributed by atoms with E-state index in [1.807, 2.05) is 4.90 Å². The molecule has 1 aliphatic carbocycles. The van der Waals surface area contributed by atoms with Gasteiger partial charge in [-0.1, -0.05) is 0 Å². The summed E-state index contributed by atoms with van der Waals surface area (Å²) in [7, 11) is 0. The Morgan fingerprint density at radius 3 is 2.44 bits per heavy atom. The maximum Gasteiger partial charge on any atom is 0.414 e. The molecule has 12 heteroatoms. The summed E-state index contributed by atoms with van der Waals surface area (Å²) in [4.78, 5) is 39.4. The molecule has 1 amide bonds. The average Bonchev–Trinajstić information content (AvgIpc) is 3.73. The van der Waals surface area contributed by atoms with Crippen LogP contribution >= 0.6 is 0 Å². The summed E-state index contributed by atoms with van der Waals surface area (Å²) < 4.78 is 42.5. The summed E-state index contributed by atoms with van der Waals surface area (Å²) >= 11 is 0. The molecule has 3 aromatic rings. The first kappa shape index (κ1) is 27.0. The number of nitrogens with zero attached hydrogens (tertiary/aromatic N) is 3. The highest BCUT2D eigenvalue weighted by atomic mass is 19.1. The number of cyclic esters (lactones) is 1. The van der Waals surface area contributed by atoms with Crippen molar-refractivity contribution in [2.75, 3.05) is 42.6 Å². The number of halogens is 2. The molecule has 41 heavy (non-hydrogen) atoms. The minimum Gasteiger partial charge on any atom is -0.490 e. The monoisotopic (exact) mass is 569 g/mol. The van der Waals surface area contributed by atoms with Gasteiger partial charge in [0.05, 0.1) is 36.6 Å². The van der Waals surface area contributed by atoms with Gasteiger partial charge in [0.25, 0.3) is 0 Å². The number of rotatable bonds is 8. The van der Waals surface area contributed by atoms with Crippen LogP contribution in [0, 0.1) is 17.6 Å². The van der Waals surface area contributed by atoms with Gasteiger partial charge in [0.1, 0.15) is 17.5 Å². The largest absolute Gasteiger partial charge is 0.490 e. The molecule has 3 heterocycles. The zero-order chi connectivity index (χ0) is 28.8. The summed E-state index contributed by atoms with van der Waals surface area (Å²) in [5.74, 6) is -2.37. The first-order chi connectivity index (χ1) is 19.7. The molecule has 6 rings (SSSR count). The quantitative estimate of drug-likeness (QED) is 0.419. The van der Waals surface area contributed by atoms with E-state index in [2.05, 4.69) is 0 Å². The van der Waals surface area contributed by atoms with Gasteiger partial charge in [-0.3, -0.25) is 9.69 Å². The number of carboxylic acids is 1. The number of carbonyl (C=O) groups is 2. The van der Waals surface area contributed by atoms with Gasteiger partial charge in [-0.25, -0.2) is 18.4 Å². The Hall–Kier alpha value is -4.19. The molecule has 0 radical (unpaired) electrons. The second-order valence-electron chi connectivity index (χ2n) is 10.8. The second kappa shape index (κ2) is 10.7. The zero-order valence-corrected chi connectivity index (χ0v) is 22.1. The number of aromatic nitrogens is 1. The van der Waals surface area contributed by atoms with Crippen LogP contribution in [0.5, 0.6) is 5.75 Å². The molecule has 1 aromatic heterocycles. The van der Waals surface area contributed by atoms with Crippen LogP contribution in [0.2, 0.25) is 0 Å². The summed E-state index contributed by atoms with van der Waals surface area (Å²) in [5, 5.41) is 18.7. The van der Waals surface area contributed by atoms with Gasteiger partial charge in [-0.2, -0.15) is 0 Å². The standard InChI is InChI=1S/C29H29F2N3O7/c30-22-10-20-24(33(17-1-2-17)13-21(27(20)36)28(37)38)11-25(22)32-7-5-16(6-8-32)15-40-26-4-3-18(9-23(26)31)34-12-19(14-35)41-29(34)39/h3-4,9-11,13,16-17,19,35H,1-2,5-8,12,14-15H2,(H,37,38)/t19-/m1/s1. The number of pyridine rings is 1. The number of carboxylic acid groups (broad SMARTS) is 1. The maximum atomic E-state index is 15.2. The molecular formula is C29H29F2N3O7. The number of carbonyl (C=O) groups excluding carboxylic acids is 1. The number of hydrogen-bond acceptors (Lipinski definition) is 7. The molecule has 1 atom stereocenters. The summed E-state index contributed by atoms with van der Waals surface area (Å²) in [6, 6.07) is 7.09. The normalized spacial score (nSPS) is 19.6. The van der Waals surface area contributed by atoms with Crippen LogP contribution in [0.1, 0.15) is 42.1 Å². The van der Waals surface area contributed by atoms with Crippen molar-refractivity contribution < 1.29 is 38.1 Å². The van der Waals surface area contributed by atoms with Crippen LogP contribution in [0.25, 0.3) is 10.9 Å². The summed E-state index contributed by atoms with van der Waals surface area (Å²) in [6.07, 6.45) is 3.15.